The minimum Gasteiger partial charge on any atom is -0.481 e. The summed E-state index contributed by atoms with van der Waals surface area (Å²) in [7, 11) is 0. The van der Waals surface area contributed by atoms with Gasteiger partial charge in [0, 0.05) is 6.54 Å². The van der Waals surface area contributed by atoms with Gasteiger partial charge in [-0.2, -0.15) is 0 Å². The predicted molar refractivity (Wildman–Crippen MR) is 109 cm³/mol. The van der Waals surface area contributed by atoms with Crippen LogP contribution in [-0.2, 0) is 11.3 Å². The first-order valence-corrected chi connectivity index (χ1v) is 10.4. The van der Waals surface area contributed by atoms with Gasteiger partial charge >= 0.3 is 0 Å². The van der Waals surface area contributed by atoms with E-state index in [0.29, 0.717) is 23.8 Å². The van der Waals surface area contributed by atoms with E-state index in [2.05, 4.69) is 15.5 Å². The summed E-state index contributed by atoms with van der Waals surface area (Å²) in [6.45, 7) is 4.06. The molecule has 0 saturated carbocycles. The highest BCUT2D eigenvalue weighted by atomic mass is 32.2. The number of rotatable bonds is 8. The van der Waals surface area contributed by atoms with Gasteiger partial charge in [-0.05, 0) is 55.8 Å². The SMILES string of the molecule is CC(Sc1nnc(C(C)Oc2ccc(F)cc2)o1)C(=O)NCc1ccc2c(c1)OCO2. The van der Waals surface area contributed by atoms with E-state index in [4.69, 9.17) is 18.6 Å². The van der Waals surface area contributed by atoms with Gasteiger partial charge in [0.15, 0.2) is 17.6 Å². The van der Waals surface area contributed by atoms with Crippen molar-refractivity contribution in [1.82, 2.24) is 15.5 Å². The number of thioether (sulfide) groups is 1. The molecule has 1 aliphatic heterocycles. The Hall–Kier alpha value is -3.27. The maximum atomic E-state index is 13.0. The number of carbonyl (C=O) groups is 1. The molecule has 1 amide bonds. The van der Waals surface area contributed by atoms with Crippen LogP contribution in [0.2, 0.25) is 0 Å². The molecule has 0 aliphatic carbocycles. The van der Waals surface area contributed by atoms with Crippen molar-refractivity contribution >= 4 is 17.7 Å². The molecular formula is C21H20FN3O5S. The molecule has 2 heterocycles. The number of benzene rings is 2. The van der Waals surface area contributed by atoms with Crippen molar-refractivity contribution in [2.45, 2.75) is 37.0 Å². The fraction of sp³-hybridized carbons (Fsp3) is 0.286. The predicted octanol–water partition coefficient (Wildman–Crippen LogP) is 3.87. The van der Waals surface area contributed by atoms with E-state index >= 15 is 0 Å². The number of ether oxygens (including phenoxy) is 3. The van der Waals surface area contributed by atoms with E-state index in [0.717, 1.165) is 17.3 Å². The first-order valence-electron chi connectivity index (χ1n) is 9.56. The van der Waals surface area contributed by atoms with E-state index in [1.807, 2.05) is 18.2 Å². The Morgan fingerprint density at radius 1 is 1.16 bits per heavy atom. The van der Waals surface area contributed by atoms with Crippen molar-refractivity contribution < 1.29 is 27.8 Å². The molecule has 2 aromatic carbocycles. The zero-order valence-corrected chi connectivity index (χ0v) is 17.6. The molecule has 2 atom stereocenters. The minimum atomic E-state index is -0.526. The fourth-order valence-corrected chi connectivity index (χ4v) is 3.50. The van der Waals surface area contributed by atoms with Crippen molar-refractivity contribution in [3.05, 3.63) is 59.7 Å². The average molecular weight is 445 g/mol. The van der Waals surface area contributed by atoms with Crippen LogP contribution in [0, 0.1) is 5.82 Å². The highest BCUT2D eigenvalue weighted by Gasteiger charge is 2.21. The topological polar surface area (TPSA) is 95.7 Å². The number of aromatic nitrogens is 2. The van der Waals surface area contributed by atoms with Crippen LogP contribution >= 0.6 is 11.8 Å². The van der Waals surface area contributed by atoms with E-state index in [1.54, 1.807) is 13.8 Å². The quantitative estimate of drug-likeness (QED) is 0.522. The van der Waals surface area contributed by atoms with Gasteiger partial charge in [0.25, 0.3) is 11.1 Å². The standard InChI is InChI=1S/C21H20FN3O5S/c1-12(29-16-6-4-15(22)5-7-16)20-24-25-21(30-20)31-13(2)19(26)23-10-14-3-8-17-18(9-14)28-11-27-17/h3-9,12-13H,10-11H2,1-2H3,(H,23,26). The number of hydrogen-bond acceptors (Lipinski definition) is 8. The van der Waals surface area contributed by atoms with Gasteiger partial charge in [-0.3, -0.25) is 4.79 Å². The summed E-state index contributed by atoms with van der Waals surface area (Å²) in [5.74, 6) is 1.60. The van der Waals surface area contributed by atoms with Crippen LogP contribution in [0.25, 0.3) is 0 Å². The van der Waals surface area contributed by atoms with Gasteiger partial charge in [-0.25, -0.2) is 4.39 Å². The molecule has 8 nitrogen and oxygen atoms in total. The van der Waals surface area contributed by atoms with Gasteiger partial charge in [-0.15, -0.1) is 10.2 Å². The van der Waals surface area contributed by atoms with Crippen LogP contribution in [0.3, 0.4) is 0 Å². The number of carbonyl (C=O) groups excluding carboxylic acids is 1. The van der Waals surface area contributed by atoms with E-state index in [1.165, 1.54) is 24.3 Å². The molecule has 0 spiro atoms. The van der Waals surface area contributed by atoms with Crippen LogP contribution < -0.4 is 19.5 Å². The zero-order chi connectivity index (χ0) is 21.8. The Balaban J connectivity index is 1.28. The molecule has 3 aromatic rings. The summed E-state index contributed by atoms with van der Waals surface area (Å²) in [4.78, 5) is 12.4. The molecule has 1 aliphatic rings. The molecule has 4 rings (SSSR count). The van der Waals surface area contributed by atoms with Gasteiger partial charge in [-0.1, -0.05) is 17.8 Å². The molecule has 1 N–H and O–H groups in total. The average Bonchev–Trinajstić information content (AvgIpc) is 3.42. The molecular weight excluding hydrogens is 425 g/mol. The summed E-state index contributed by atoms with van der Waals surface area (Å²) in [5.41, 5.74) is 0.904. The van der Waals surface area contributed by atoms with Gasteiger partial charge < -0.3 is 23.9 Å². The Labute approximate surface area is 182 Å². The highest BCUT2D eigenvalue weighted by Crippen LogP contribution is 2.32. The Bertz CT molecular complexity index is 1060. The molecule has 1 aromatic heterocycles. The lowest BCUT2D eigenvalue weighted by Crippen LogP contribution is -2.30. The second kappa shape index (κ2) is 9.25. The largest absolute Gasteiger partial charge is 0.481 e. The molecule has 162 valence electrons. The molecule has 0 saturated heterocycles. The Morgan fingerprint density at radius 3 is 2.74 bits per heavy atom. The van der Waals surface area contributed by atoms with E-state index in [-0.39, 0.29) is 29.6 Å². The van der Waals surface area contributed by atoms with E-state index in [9.17, 15) is 9.18 Å². The van der Waals surface area contributed by atoms with Crippen molar-refractivity contribution in [2.24, 2.45) is 0 Å². The smallest absolute Gasteiger partial charge is 0.277 e. The van der Waals surface area contributed by atoms with Gasteiger partial charge in [0.1, 0.15) is 11.6 Å². The lowest BCUT2D eigenvalue weighted by Gasteiger charge is -2.11. The molecule has 0 radical (unpaired) electrons. The first-order chi connectivity index (χ1) is 15.0. The van der Waals surface area contributed by atoms with Crippen molar-refractivity contribution in [3.63, 3.8) is 0 Å². The van der Waals surface area contributed by atoms with Crippen LogP contribution in [0.5, 0.6) is 17.2 Å². The molecule has 2 unspecified atom stereocenters. The Morgan fingerprint density at radius 2 is 1.94 bits per heavy atom. The monoisotopic (exact) mass is 445 g/mol. The second-order valence-corrected chi connectivity index (χ2v) is 8.08. The van der Waals surface area contributed by atoms with Gasteiger partial charge in [0.2, 0.25) is 12.7 Å². The Kier molecular flexibility index (Phi) is 6.26. The summed E-state index contributed by atoms with van der Waals surface area (Å²) < 4.78 is 34.9. The lowest BCUT2D eigenvalue weighted by atomic mass is 10.2. The summed E-state index contributed by atoms with van der Waals surface area (Å²) >= 11 is 1.15. The van der Waals surface area contributed by atoms with Crippen LogP contribution in [-0.4, -0.2) is 28.1 Å². The van der Waals surface area contributed by atoms with Crippen LogP contribution in [0.1, 0.15) is 31.4 Å². The number of fused-ring (bicyclic) bond motifs is 1. The first kappa shape index (κ1) is 21.0. The maximum absolute atomic E-state index is 13.0. The summed E-state index contributed by atoms with van der Waals surface area (Å²) in [6, 6.07) is 11.2. The number of nitrogens with one attached hydrogen (secondary N) is 1. The number of amides is 1. The molecule has 10 heteroatoms. The van der Waals surface area contributed by atoms with Crippen LogP contribution in [0.4, 0.5) is 4.39 Å². The molecule has 31 heavy (non-hydrogen) atoms. The lowest BCUT2D eigenvalue weighted by molar-refractivity contribution is -0.120. The third-order valence-electron chi connectivity index (χ3n) is 4.45. The second-order valence-electron chi connectivity index (χ2n) is 6.79. The van der Waals surface area contributed by atoms with Crippen molar-refractivity contribution in [1.29, 1.82) is 0 Å². The van der Waals surface area contributed by atoms with Crippen LogP contribution in [0.15, 0.2) is 52.1 Å². The summed E-state index contributed by atoms with van der Waals surface area (Å²) in [6.07, 6.45) is -0.526. The minimum absolute atomic E-state index is 0.168. The third kappa shape index (κ3) is 5.26. The van der Waals surface area contributed by atoms with Crippen molar-refractivity contribution in [2.75, 3.05) is 6.79 Å². The third-order valence-corrected chi connectivity index (χ3v) is 5.38. The number of hydrogen-bond donors (Lipinski definition) is 1. The van der Waals surface area contributed by atoms with Crippen molar-refractivity contribution in [3.8, 4) is 17.2 Å². The summed E-state index contributed by atoms with van der Waals surface area (Å²) in [5, 5.41) is 10.6. The molecule has 0 fully saturated rings. The number of nitrogens with zero attached hydrogens (tertiary/aromatic N) is 2. The highest BCUT2D eigenvalue weighted by molar-refractivity contribution is 8.00. The number of halogens is 1. The maximum Gasteiger partial charge on any atom is 0.277 e. The normalized spacial score (nSPS) is 14.2. The molecule has 0 bridgehead atoms. The fourth-order valence-electron chi connectivity index (χ4n) is 2.79. The zero-order valence-electron chi connectivity index (χ0n) is 16.8. The van der Waals surface area contributed by atoms with Gasteiger partial charge in [0.05, 0.1) is 5.25 Å². The van der Waals surface area contributed by atoms with E-state index < -0.39 is 11.4 Å².